The van der Waals surface area contributed by atoms with E-state index in [9.17, 15) is 4.79 Å². The Balaban J connectivity index is 2.14. The molecule has 0 spiro atoms. The Hall–Kier alpha value is -1.52. The molecule has 1 aromatic heterocycles. The van der Waals surface area contributed by atoms with Gasteiger partial charge < -0.3 is 14.8 Å². The molecule has 5 heteroatoms. The molecule has 1 unspecified atom stereocenters. The second-order valence-electron chi connectivity index (χ2n) is 5.19. The molecule has 21 heavy (non-hydrogen) atoms. The highest BCUT2D eigenvalue weighted by molar-refractivity contribution is 6.31. The Labute approximate surface area is 129 Å². The maximum absolute atomic E-state index is 12.2. The van der Waals surface area contributed by atoms with Gasteiger partial charge in [0.25, 0.3) is 5.91 Å². The Kier molecular flexibility index (Phi) is 5.26. The summed E-state index contributed by atoms with van der Waals surface area (Å²) >= 11 is 5.97. The van der Waals surface area contributed by atoms with E-state index in [2.05, 4.69) is 5.32 Å². The van der Waals surface area contributed by atoms with Crippen molar-refractivity contribution >= 4 is 28.5 Å². The summed E-state index contributed by atoms with van der Waals surface area (Å²) in [5.74, 6) is 0.375. The summed E-state index contributed by atoms with van der Waals surface area (Å²) in [6.07, 6.45) is 1.60. The first-order chi connectivity index (χ1) is 10.1. The average Bonchev–Trinajstić information content (AvgIpc) is 2.80. The second-order valence-corrected chi connectivity index (χ2v) is 5.63. The number of furan rings is 1. The van der Waals surface area contributed by atoms with E-state index in [0.29, 0.717) is 29.3 Å². The molecule has 1 aromatic carbocycles. The van der Waals surface area contributed by atoms with Gasteiger partial charge in [0.2, 0.25) is 0 Å². The Morgan fingerprint density at radius 1 is 1.48 bits per heavy atom. The highest BCUT2D eigenvalue weighted by Gasteiger charge is 2.18. The van der Waals surface area contributed by atoms with Crippen LogP contribution < -0.4 is 5.32 Å². The third kappa shape index (κ3) is 3.57. The van der Waals surface area contributed by atoms with Crippen LogP contribution in [0, 0.1) is 12.8 Å². The van der Waals surface area contributed by atoms with Crippen LogP contribution in [0.15, 0.2) is 22.6 Å². The van der Waals surface area contributed by atoms with Crippen LogP contribution in [0.3, 0.4) is 0 Å². The number of amides is 1. The smallest absolute Gasteiger partial charge is 0.287 e. The topological polar surface area (TPSA) is 62.5 Å². The molecule has 1 heterocycles. The minimum Gasteiger partial charge on any atom is -0.451 e. The quantitative estimate of drug-likeness (QED) is 0.858. The number of carbonyl (C=O) groups is 1. The van der Waals surface area contributed by atoms with Gasteiger partial charge in [-0.2, -0.15) is 0 Å². The van der Waals surface area contributed by atoms with Crippen LogP contribution in [0.4, 0.5) is 0 Å². The van der Waals surface area contributed by atoms with Crippen molar-refractivity contribution in [2.24, 2.45) is 5.92 Å². The lowest BCUT2D eigenvalue weighted by Crippen LogP contribution is -2.29. The summed E-state index contributed by atoms with van der Waals surface area (Å²) in [6, 6.07) is 5.30. The molecule has 0 fully saturated rings. The van der Waals surface area contributed by atoms with Gasteiger partial charge in [0, 0.05) is 29.1 Å². The van der Waals surface area contributed by atoms with E-state index in [0.717, 1.165) is 17.4 Å². The van der Waals surface area contributed by atoms with Gasteiger partial charge >= 0.3 is 0 Å². The fraction of sp³-hybridized carbons (Fsp3) is 0.438. The molecular weight excluding hydrogens is 290 g/mol. The van der Waals surface area contributed by atoms with Crippen molar-refractivity contribution in [2.75, 3.05) is 13.2 Å². The highest BCUT2D eigenvalue weighted by Crippen LogP contribution is 2.27. The zero-order valence-corrected chi connectivity index (χ0v) is 13.0. The molecule has 0 saturated heterocycles. The minimum atomic E-state index is -0.226. The largest absolute Gasteiger partial charge is 0.451 e. The molecule has 2 N–H and O–H groups in total. The number of hydrogen-bond donors (Lipinski definition) is 2. The third-order valence-corrected chi connectivity index (χ3v) is 4.01. The van der Waals surface area contributed by atoms with Crippen LogP contribution in [0.1, 0.15) is 35.9 Å². The number of aliphatic hydroxyl groups is 1. The lowest BCUT2D eigenvalue weighted by Gasteiger charge is -2.13. The number of halogens is 1. The zero-order valence-electron chi connectivity index (χ0n) is 12.3. The second kappa shape index (κ2) is 6.96. The summed E-state index contributed by atoms with van der Waals surface area (Å²) in [6.45, 7) is 4.56. The van der Waals surface area contributed by atoms with Crippen molar-refractivity contribution in [1.29, 1.82) is 0 Å². The van der Waals surface area contributed by atoms with E-state index in [4.69, 9.17) is 21.1 Å². The number of carbonyl (C=O) groups excluding carboxylic acids is 1. The lowest BCUT2D eigenvalue weighted by molar-refractivity contribution is 0.0917. The van der Waals surface area contributed by atoms with Gasteiger partial charge in [-0.15, -0.1) is 0 Å². The fourth-order valence-corrected chi connectivity index (χ4v) is 2.53. The summed E-state index contributed by atoms with van der Waals surface area (Å²) in [4.78, 5) is 12.2. The van der Waals surface area contributed by atoms with E-state index in [-0.39, 0.29) is 18.4 Å². The standard InChI is InChI=1S/C16H20ClNO3/c1-3-11(6-7-19)9-18-16(20)15-10(2)13-8-12(17)4-5-14(13)21-15/h4-5,8,11,19H,3,6-7,9H2,1-2H3,(H,18,20). The lowest BCUT2D eigenvalue weighted by atomic mass is 10.0. The first-order valence-corrected chi connectivity index (χ1v) is 7.52. The van der Waals surface area contributed by atoms with E-state index < -0.39 is 0 Å². The number of nitrogens with one attached hydrogen (secondary N) is 1. The Bertz CT molecular complexity index is 636. The third-order valence-electron chi connectivity index (χ3n) is 3.77. The van der Waals surface area contributed by atoms with Gasteiger partial charge in [-0.1, -0.05) is 24.9 Å². The average molecular weight is 310 g/mol. The first-order valence-electron chi connectivity index (χ1n) is 7.14. The normalized spacial score (nSPS) is 12.6. The molecule has 2 rings (SSSR count). The maximum atomic E-state index is 12.2. The van der Waals surface area contributed by atoms with Crippen molar-refractivity contribution in [2.45, 2.75) is 26.7 Å². The fourth-order valence-electron chi connectivity index (χ4n) is 2.36. The van der Waals surface area contributed by atoms with Gasteiger partial charge in [-0.25, -0.2) is 0 Å². The summed E-state index contributed by atoms with van der Waals surface area (Å²) < 4.78 is 5.62. The summed E-state index contributed by atoms with van der Waals surface area (Å²) in [5, 5.41) is 13.3. The van der Waals surface area contributed by atoms with Crippen molar-refractivity contribution in [1.82, 2.24) is 5.32 Å². The molecule has 0 aliphatic rings. The molecule has 0 aliphatic carbocycles. The molecule has 114 valence electrons. The van der Waals surface area contributed by atoms with E-state index in [1.165, 1.54) is 0 Å². The van der Waals surface area contributed by atoms with Gasteiger partial charge in [0.05, 0.1) is 0 Å². The molecule has 2 aromatic rings. The van der Waals surface area contributed by atoms with Crippen LogP contribution in [-0.4, -0.2) is 24.2 Å². The predicted molar refractivity (Wildman–Crippen MR) is 83.8 cm³/mol. The first kappa shape index (κ1) is 15.9. The number of hydrogen-bond acceptors (Lipinski definition) is 3. The number of aryl methyl sites for hydroxylation is 1. The minimum absolute atomic E-state index is 0.135. The molecule has 1 atom stereocenters. The molecule has 0 bridgehead atoms. The zero-order chi connectivity index (χ0) is 15.4. The molecular formula is C16H20ClNO3. The molecule has 0 saturated carbocycles. The van der Waals surface area contributed by atoms with Crippen LogP contribution in [0.2, 0.25) is 5.02 Å². The highest BCUT2D eigenvalue weighted by atomic mass is 35.5. The number of aliphatic hydroxyl groups excluding tert-OH is 1. The van der Waals surface area contributed by atoms with Crippen molar-refractivity contribution in [3.63, 3.8) is 0 Å². The predicted octanol–water partition coefficient (Wildman–Crippen LogP) is 3.53. The van der Waals surface area contributed by atoms with E-state index in [1.54, 1.807) is 18.2 Å². The van der Waals surface area contributed by atoms with Crippen LogP contribution >= 0.6 is 11.6 Å². The van der Waals surface area contributed by atoms with Gasteiger partial charge in [0.15, 0.2) is 5.76 Å². The van der Waals surface area contributed by atoms with Gasteiger partial charge in [-0.05, 0) is 37.5 Å². The molecule has 0 radical (unpaired) electrons. The monoisotopic (exact) mass is 309 g/mol. The molecule has 4 nitrogen and oxygen atoms in total. The Morgan fingerprint density at radius 2 is 2.24 bits per heavy atom. The number of fused-ring (bicyclic) bond motifs is 1. The maximum Gasteiger partial charge on any atom is 0.287 e. The van der Waals surface area contributed by atoms with Crippen molar-refractivity contribution in [3.05, 3.63) is 34.5 Å². The van der Waals surface area contributed by atoms with Crippen molar-refractivity contribution < 1.29 is 14.3 Å². The van der Waals surface area contributed by atoms with Gasteiger partial charge in [0.1, 0.15) is 5.58 Å². The Morgan fingerprint density at radius 3 is 2.90 bits per heavy atom. The molecule has 0 aliphatic heterocycles. The van der Waals surface area contributed by atoms with Crippen LogP contribution in [0.5, 0.6) is 0 Å². The van der Waals surface area contributed by atoms with Crippen LogP contribution in [-0.2, 0) is 0 Å². The molecule has 1 amide bonds. The number of rotatable bonds is 6. The summed E-state index contributed by atoms with van der Waals surface area (Å²) in [5.41, 5.74) is 1.45. The summed E-state index contributed by atoms with van der Waals surface area (Å²) in [7, 11) is 0. The SMILES string of the molecule is CCC(CCO)CNC(=O)c1oc2ccc(Cl)cc2c1C. The van der Waals surface area contributed by atoms with Gasteiger partial charge in [-0.3, -0.25) is 4.79 Å². The van der Waals surface area contributed by atoms with Crippen LogP contribution in [0.25, 0.3) is 11.0 Å². The van der Waals surface area contributed by atoms with E-state index in [1.807, 2.05) is 13.8 Å². The number of benzene rings is 1. The van der Waals surface area contributed by atoms with E-state index >= 15 is 0 Å². The van der Waals surface area contributed by atoms with Crippen molar-refractivity contribution in [3.8, 4) is 0 Å².